The summed E-state index contributed by atoms with van der Waals surface area (Å²) in [6, 6.07) is 12.5. The van der Waals surface area contributed by atoms with Gasteiger partial charge in [-0.25, -0.2) is 4.98 Å². The van der Waals surface area contributed by atoms with E-state index in [0.717, 1.165) is 16.8 Å². The number of nitrogens with one attached hydrogen (secondary N) is 3. The Bertz CT molecular complexity index is 969. The van der Waals surface area contributed by atoms with E-state index >= 15 is 0 Å². The molecule has 27 heavy (non-hydrogen) atoms. The van der Waals surface area contributed by atoms with Gasteiger partial charge in [0.25, 0.3) is 0 Å². The van der Waals surface area contributed by atoms with Crippen molar-refractivity contribution in [2.75, 3.05) is 17.7 Å². The molecule has 0 saturated carbocycles. The van der Waals surface area contributed by atoms with Gasteiger partial charge in [-0.15, -0.1) is 0 Å². The second-order valence-corrected chi connectivity index (χ2v) is 7.26. The number of carbonyl (C=O) groups is 2. The van der Waals surface area contributed by atoms with E-state index in [1.165, 1.54) is 18.7 Å². The molecule has 1 unspecified atom stereocenters. The van der Waals surface area contributed by atoms with Crippen molar-refractivity contribution in [1.82, 2.24) is 9.97 Å². The fourth-order valence-corrected chi connectivity index (χ4v) is 3.27. The number of methoxy groups -OCH3 is 1. The van der Waals surface area contributed by atoms with E-state index in [2.05, 4.69) is 20.6 Å². The fraction of sp³-hybridized carbons (Fsp3) is 0.211. The van der Waals surface area contributed by atoms with Crippen LogP contribution in [-0.4, -0.2) is 34.1 Å². The summed E-state index contributed by atoms with van der Waals surface area (Å²) in [7, 11) is 1.61. The zero-order chi connectivity index (χ0) is 19.4. The Balaban J connectivity index is 1.62. The molecule has 140 valence electrons. The second kappa shape index (κ2) is 8.13. The van der Waals surface area contributed by atoms with Crippen LogP contribution < -0.4 is 15.4 Å². The summed E-state index contributed by atoms with van der Waals surface area (Å²) >= 11 is 1.35. The zero-order valence-corrected chi connectivity index (χ0v) is 16.0. The highest BCUT2D eigenvalue weighted by molar-refractivity contribution is 8.00. The number of aromatic amines is 1. The molecule has 0 aliphatic rings. The molecule has 0 saturated heterocycles. The van der Waals surface area contributed by atoms with Gasteiger partial charge in [0.15, 0.2) is 5.16 Å². The Labute approximate surface area is 160 Å². The maximum Gasteiger partial charge on any atom is 0.237 e. The van der Waals surface area contributed by atoms with Gasteiger partial charge in [0.2, 0.25) is 11.8 Å². The maximum atomic E-state index is 12.4. The van der Waals surface area contributed by atoms with Crippen LogP contribution in [0.25, 0.3) is 11.0 Å². The molecule has 7 nitrogen and oxygen atoms in total. The van der Waals surface area contributed by atoms with Crippen molar-refractivity contribution < 1.29 is 14.3 Å². The third-order valence-corrected chi connectivity index (χ3v) is 4.78. The van der Waals surface area contributed by atoms with Crippen LogP contribution in [0.1, 0.15) is 13.8 Å². The van der Waals surface area contributed by atoms with Crippen molar-refractivity contribution >= 4 is 46.0 Å². The number of hydrogen-bond acceptors (Lipinski definition) is 5. The summed E-state index contributed by atoms with van der Waals surface area (Å²) < 4.78 is 5.20. The lowest BCUT2D eigenvalue weighted by atomic mass is 10.2. The standard InChI is InChI=1S/C19H20N4O3S/c1-11(18(25)21-14-6-4-13(5-7-14)20-12(2)24)27-19-22-16-9-8-15(26-3)10-17(16)23-19/h4-11H,1-3H3,(H,20,24)(H,21,25)(H,22,23). The lowest BCUT2D eigenvalue weighted by Crippen LogP contribution is -2.22. The Morgan fingerprint density at radius 3 is 2.41 bits per heavy atom. The predicted octanol–water partition coefficient (Wildman–Crippen LogP) is 3.65. The largest absolute Gasteiger partial charge is 0.497 e. The lowest BCUT2D eigenvalue weighted by molar-refractivity contribution is -0.115. The number of carbonyl (C=O) groups excluding carboxylic acids is 2. The van der Waals surface area contributed by atoms with E-state index in [1.807, 2.05) is 25.1 Å². The average Bonchev–Trinajstić information content (AvgIpc) is 3.04. The Kier molecular flexibility index (Phi) is 5.66. The normalized spacial score (nSPS) is 11.8. The summed E-state index contributed by atoms with van der Waals surface area (Å²) in [5.74, 6) is 0.474. The van der Waals surface area contributed by atoms with Crippen molar-refractivity contribution in [1.29, 1.82) is 0 Å². The van der Waals surface area contributed by atoms with Gasteiger partial charge in [0.1, 0.15) is 5.75 Å². The molecule has 2 amide bonds. The third-order valence-electron chi connectivity index (χ3n) is 3.80. The van der Waals surface area contributed by atoms with Crippen molar-refractivity contribution in [2.45, 2.75) is 24.3 Å². The van der Waals surface area contributed by atoms with Crippen molar-refractivity contribution in [3.05, 3.63) is 42.5 Å². The molecule has 0 bridgehead atoms. The van der Waals surface area contributed by atoms with E-state index in [0.29, 0.717) is 16.5 Å². The molecule has 0 aliphatic carbocycles. The van der Waals surface area contributed by atoms with Gasteiger partial charge in [-0.05, 0) is 43.3 Å². The highest BCUT2D eigenvalue weighted by atomic mass is 32.2. The fourth-order valence-electron chi connectivity index (χ4n) is 2.45. The Morgan fingerprint density at radius 2 is 1.78 bits per heavy atom. The van der Waals surface area contributed by atoms with Crippen LogP contribution in [0.5, 0.6) is 5.75 Å². The molecular weight excluding hydrogens is 364 g/mol. The highest BCUT2D eigenvalue weighted by Gasteiger charge is 2.17. The van der Waals surface area contributed by atoms with E-state index in [-0.39, 0.29) is 17.1 Å². The molecule has 0 fully saturated rings. The molecule has 1 aromatic heterocycles. The molecule has 0 radical (unpaired) electrons. The molecule has 8 heteroatoms. The SMILES string of the molecule is COc1ccc2nc(SC(C)C(=O)Nc3ccc(NC(C)=O)cc3)[nH]c2c1. The first-order chi connectivity index (χ1) is 12.9. The predicted molar refractivity (Wildman–Crippen MR) is 107 cm³/mol. The minimum atomic E-state index is -0.345. The molecule has 1 heterocycles. The van der Waals surface area contributed by atoms with Crippen LogP contribution in [0.2, 0.25) is 0 Å². The number of anilines is 2. The van der Waals surface area contributed by atoms with Gasteiger partial charge in [-0.2, -0.15) is 0 Å². The number of rotatable bonds is 6. The third kappa shape index (κ3) is 4.79. The van der Waals surface area contributed by atoms with Gasteiger partial charge in [0.05, 0.1) is 23.4 Å². The molecule has 0 aliphatic heterocycles. The Hall–Kier alpha value is -3.00. The summed E-state index contributed by atoms with van der Waals surface area (Å²) in [4.78, 5) is 31.2. The van der Waals surface area contributed by atoms with E-state index in [9.17, 15) is 9.59 Å². The van der Waals surface area contributed by atoms with Gasteiger partial charge < -0.3 is 20.4 Å². The van der Waals surface area contributed by atoms with Crippen LogP contribution in [0.3, 0.4) is 0 Å². The van der Waals surface area contributed by atoms with E-state index < -0.39 is 0 Å². The molecule has 1 atom stereocenters. The van der Waals surface area contributed by atoms with Crippen LogP contribution in [0.4, 0.5) is 11.4 Å². The van der Waals surface area contributed by atoms with Gasteiger partial charge in [-0.3, -0.25) is 9.59 Å². The number of thioether (sulfide) groups is 1. The minimum Gasteiger partial charge on any atom is -0.497 e. The number of benzene rings is 2. The number of ether oxygens (including phenoxy) is 1. The molecule has 3 aromatic rings. The zero-order valence-electron chi connectivity index (χ0n) is 15.2. The van der Waals surface area contributed by atoms with Crippen molar-refractivity contribution in [3.8, 4) is 5.75 Å². The van der Waals surface area contributed by atoms with Crippen LogP contribution >= 0.6 is 11.8 Å². The summed E-state index contributed by atoms with van der Waals surface area (Å²) in [6.07, 6.45) is 0. The average molecular weight is 384 g/mol. The monoisotopic (exact) mass is 384 g/mol. The van der Waals surface area contributed by atoms with Crippen LogP contribution in [0, 0.1) is 0 Å². The Morgan fingerprint density at radius 1 is 1.11 bits per heavy atom. The first-order valence-electron chi connectivity index (χ1n) is 8.33. The number of aromatic nitrogens is 2. The van der Waals surface area contributed by atoms with Crippen LogP contribution in [-0.2, 0) is 9.59 Å². The smallest absolute Gasteiger partial charge is 0.237 e. The first-order valence-corrected chi connectivity index (χ1v) is 9.21. The number of amides is 2. The number of H-pyrrole nitrogens is 1. The van der Waals surface area contributed by atoms with Crippen LogP contribution in [0.15, 0.2) is 47.6 Å². The van der Waals surface area contributed by atoms with E-state index in [1.54, 1.807) is 31.4 Å². The summed E-state index contributed by atoms with van der Waals surface area (Å²) in [5, 5.41) is 5.87. The molecule has 3 rings (SSSR count). The van der Waals surface area contributed by atoms with Crippen molar-refractivity contribution in [2.24, 2.45) is 0 Å². The van der Waals surface area contributed by atoms with Gasteiger partial charge in [0, 0.05) is 24.4 Å². The summed E-state index contributed by atoms with van der Waals surface area (Å²) in [5.41, 5.74) is 3.02. The van der Waals surface area contributed by atoms with E-state index in [4.69, 9.17) is 4.74 Å². The number of fused-ring (bicyclic) bond motifs is 1. The molecule has 3 N–H and O–H groups in total. The number of nitrogens with zero attached hydrogens (tertiary/aromatic N) is 1. The molecule has 0 spiro atoms. The quantitative estimate of drug-likeness (QED) is 0.564. The number of hydrogen-bond donors (Lipinski definition) is 3. The highest BCUT2D eigenvalue weighted by Crippen LogP contribution is 2.26. The lowest BCUT2D eigenvalue weighted by Gasteiger charge is -2.11. The summed E-state index contributed by atoms with van der Waals surface area (Å²) in [6.45, 7) is 3.27. The maximum absolute atomic E-state index is 12.4. The molecule has 2 aromatic carbocycles. The molecular formula is C19H20N4O3S. The second-order valence-electron chi connectivity index (χ2n) is 5.93. The van der Waals surface area contributed by atoms with Crippen molar-refractivity contribution in [3.63, 3.8) is 0 Å². The van der Waals surface area contributed by atoms with Gasteiger partial charge >= 0.3 is 0 Å². The number of imidazole rings is 1. The minimum absolute atomic E-state index is 0.134. The van der Waals surface area contributed by atoms with Gasteiger partial charge in [-0.1, -0.05) is 11.8 Å². The topological polar surface area (TPSA) is 96.1 Å². The first kappa shape index (κ1) is 18.8.